The fourth-order valence-electron chi connectivity index (χ4n) is 5.11. The number of nitrogens with one attached hydrogen (secondary N) is 1. The van der Waals surface area contributed by atoms with Gasteiger partial charge in [-0.1, -0.05) is 74.5 Å². The molecule has 174 valence electrons. The van der Waals surface area contributed by atoms with E-state index in [-0.39, 0.29) is 11.3 Å². The zero-order valence-electron chi connectivity index (χ0n) is 19.9. The van der Waals surface area contributed by atoms with E-state index in [0.29, 0.717) is 31.3 Å². The molecule has 0 spiro atoms. The predicted octanol–water partition coefficient (Wildman–Crippen LogP) is 5.30. The molecule has 1 atom stereocenters. The Morgan fingerprint density at radius 3 is 2.53 bits per heavy atom. The minimum Gasteiger partial charge on any atom is -0.490 e. The summed E-state index contributed by atoms with van der Waals surface area (Å²) in [5.41, 5.74) is 3.51. The van der Waals surface area contributed by atoms with Gasteiger partial charge in [0.2, 0.25) is 5.91 Å². The average molecular weight is 455 g/mol. The van der Waals surface area contributed by atoms with Crippen LogP contribution in [0.4, 0.5) is 5.69 Å². The normalized spacial score (nSPS) is 20.2. The number of hydrogen-bond donors (Lipinski definition) is 1. The zero-order chi connectivity index (χ0) is 23.8. The monoisotopic (exact) mass is 454 g/mol. The van der Waals surface area contributed by atoms with Crippen molar-refractivity contribution in [3.05, 3.63) is 95.6 Å². The Bertz CT molecular complexity index is 1240. The van der Waals surface area contributed by atoms with Gasteiger partial charge in [-0.05, 0) is 47.9 Å². The molecule has 0 saturated carbocycles. The number of hydrogen-bond acceptors (Lipinski definition) is 4. The molecular weight excluding hydrogens is 424 g/mol. The van der Waals surface area contributed by atoms with Crippen LogP contribution in [0.2, 0.25) is 0 Å². The molecule has 1 fully saturated rings. The van der Waals surface area contributed by atoms with Crippen LogP contribution < -0.4 is 19.7 Å². The van der Waals surface area contributed by atoms with E-state index in [0.717, 1.165) is 16.8 Å². The highest BCUT2D eigenvalue weighted by Gasteiger charge is 2.59. The van der Waals surface area contributed by atoms with E-state index in [4.69, 9.17) is 9.47 Å². The van der Waals surface area contributed by atoms with Gasteiger partial charge in [0.1, 0.15) is 12.3 Å². The van der Waals surface area contributed by atoms with Gasteiger partial charge in [0.05, 0.1) is 13.2 Å². The summed E-state index contributed by atoms with van der Waals surface area (Å²) in [7, 11) is 0. The third-order valence-electron chi connectivity index (χ3n) is 6.90. The SMILES string of the molecule is CCOc1cc(C=C[C@@]23NC(=O)CN2c2ccccc2C3(C)C)ccc1OCc1ccccc1. The molecule has 5 nitrogen and oxygen atoms in total. The van der Waals surface area contributed by atoms with Crippen molar-refractivity contribution in [2.45, 2.75) is 38.5 Å². The first kappa shape index (κ1) is 22.1. The van der Waals surface area contributed by atoms with Gasteiger partial charge in [-0.25, -0.2) is 0 Å². The molecule has 1 saturated heterocycles. The van der Waals surface area contributed by atoms with Gasteiger partial charge in [-0.3, -0.25) is 4.79 Å². The maximum Gasteiger partial charge on any atom is 0.241 e. The molecule has 0 unspecified atom stereocenters. The Labute approximate surface area is 201 Å². The van der Waals surface area contributed by atoms with Crippen molar-refractivity contribution >= 4 is 17.7 Å². The topological polar surface area (TPSA) is 50.8 Å². The molecule has 0 aromatic heterocycles. The number of amides is 1. The van der Waals surface area contributed by atoms with Gasteiger partial charge in [0.15, 0.2) is 11.5 Å². The summed E-state index contributed by atoms with van der Waals surface area (Å²) in [6, 6.07) is 24.4. The second-order valence-corrected chi connectivity index (χ2v) is 9.29. The molecule has 5 rings (SSSR count). The van der Waals surface area contributed by atoms with Crippen LogP contribution in [0.15, 0.2) is 78.9 Å². The third kappa shape index (κ3) is 3.61. The number of fused-ring (bicyclic) bond motifs is 3. The van der Waals surface area contributed by atoms with E-state index in [1.54, 1.807) is 0 Å². The minimum atomic E-state index is -0.623. The van der Waals surface area contributed by atoms with E-state index in [9.17, 15) is 4.79 Å². The number of benzene rings is 3. The largest absolute Gasteiger partial charge is 0.490 e. The molecule has 0 radical (unpaired) electrons. The van der Waals surface area contributed by atoms with Crippen molar-refractivity contribution in [2.75, 3.05) is 18.1 Å². The van der Waals surface area contributed by atoms with E-state index < -0.39 is 5.66 Å². The molecule has 1 amide bonds. The quantitative estimate of drug-likeness (QED) is 0.526. The van der Waals surface area contributed by atoms with Crippen molar-refractivity contribution in [3.8, 4) is 11.5 Å². The predicted molar refractivity (Wildman–Crippen MR) is 135 cm³/mol. The van der Waals surface area contributed by atoms with Crippen LogP contribution in [-0.4, -0.2) is 24.7 Å². The van der Waals surface area contributed by atoms with Crippen molar-refractivity contribution in [1.29, 1.82) is 0 Å². The fourth-order valence-corrected chi connectivity index (χ4v) is 5.11. The van der Waals surface area contributed by atoms with Crippen LogP contribution in [0.1, 0.15) is 37.5 Å². The number of rotatable bonds is 7. The molecule has 3 aromatic carbocycles. The highest BCUT2D eigenvalue weighted by Crippen LogP contribution is 2.52. The van der Waals surface area contributed by atoms with Crippen LogP contribution in [0.25, 0.3) is 6.08 Å². The number of anilines is 1. The fraction of sp³-hybridized carbons (Fsp3) is 0.276. The number of ether oxygens (including phenoxy) is 2. The molecule has 0 aliphatic carbocycles. The molecule has 0 bridgehead atoms. The molecule has 2 heterocycles. The lowest BCUT2D eigenvalue weighted by Crippen LogP contribution is -2.58. The maximum absolute atomic E-state index is 12.5. The van der Waals surface area contributed by atoms with Gasteiger partial charge in [0, 0.05) is 11.1 Å². The summed E-state index contributed by atoms with van der Waals surface area (Å²) in [6.07, 6.45) is 4.18. The lowest BCUT2D eigenvalue weighted by molar-refractivity contribution is -0.118. The lowest BCUT2D eigenvalue weighted by atomic mass is 9.75. The van der Waals surface area contributed by atoms with Crippen LogP contribution >= 0.6 is 0 Å². The highest BCUT2D eigenvalue weighted by atomic mass is 16.5. The zero-order valence-corrected chi connectivity index (χ0v) is 19.9. The number of carbonyl (C=O) groups excluding carboxylic acids is 1. The number of para-hydroxylation sites is 1. The molecule has 2 aliphatic rings. The van der Waals surface area contributed by atoms with Gasteiger partial charge in [-0.2, -0.15) is 0 Å². The number of carbonyl (C=O) groups is 1. The second-order valence-electron chi connectivity index (χ2n) is 9.29. The summed E-state index contributed by atoms with van der Waals surface area (Å²) in [5, 5.41) is 3.27. The van der Waals surface area contributed by atoms with Gasteiger partial charge in [-0.15, -0.1) is 0 Å². The summed E-state index contributed by atoms with van der Waals surface area (Å²) in [4.78, 5) is 14.7. The van der Waals surface area contributed by atoms with Gasteiger partial charge in [0.25, 0.3) is 0 Å². The van der Waals surface area contributed by atoms with Crippen LogP contribution in [0.3, 0.4) is 0 Å². The summed E-state index contributed by atoms with van der Waals surface area (Å²) >= 11 is 0. The van der Waals surface area contributed by atoms with E-state index in [1.807, 2.05) is 61.5 Å². The Hall–Kier alpha value is -3.73. The smallest absolute Gasteiger partial charge is 0.241 e. The lowest BCUT2D eigenvalue weighted by Gasteiger charge is -2.40. The third-order valence-corrected chi connectivity index (χ3v) is 6.90. The average Bonchev–Trinajstić information content (AvgIpc) is 3.28. The highest BCUT2D eigenvalue weighted by molar-refractivity contribution is 5.91. The van der Waals surface area contributed by atoms with Crippen LogP contribution in [0, 0.1) is 0 Å². The first-order valence-corrected chi connectivity index (χ1v) is 11.8. The van der Waals surface area contributed by atoms with Crippen molar-refractivity contribution in [2.24, 2.45) is 0 Å². The molecular formula is C29H30N2O3. The maximum atomic E-state index is 12.5. The Morgan fingerprint density at radius 2 is 1.74 bits per heavy atom. The minimum absolute atomic E-state index is 0.0342. The van der Waals surface area contributed by atoms with E-state index >= 15 is 0 Å². The Morgan fingerprint density at radius 1 is 0.971 bits per heavy atom. The van der Waals surface area contributed by atoms with E-state index in [1.165, 1.54) is 5.56 Å². The van der Waals surface area contributed by atoms with Crippen LogP contribution in [-0.2, 0) is 16.8 Å². The Balaban J connectivity index is 1.44. The Kier molecular flexibility index (Phi) is 5.56. The summed E-state index contributed by atoms with van der Waals surface area (Å²) < 4.78 is 11.9. The van der Waals surface area contributed by atoms with Gasteiger partial charge < -0.3 is 19.7 Å². The first-order chi connectivity index (χ1) is 16.4. The molecule has 5 heteroatoms. The standard InChI is InChI=1S/C29H30N2O3/c1-4-33-26-18-21(14-15-25(26)34-20-22-10-6-5-7-11-22)16-17-29-28(2,3)23-12-8-9-13-24(23)31(29)19-27(32)30-29/h5-18H,4,19-20H2,1-3H3,(H,30,32)/t29-/m1/s1. The van der Waals surface area contributed by atoms with Gasteiger partial charge >= 0.3 is 0 Å². The first-order valence-electron chi connectivity index (χ1n) is 11.8. The van der Waals surface area contributed by atoms with E-state index in [2.05, 4.69) is 54.4 Å². The van der Waals surface area contributed by atoms with Crippen LogP contribution in [0.5, 0.6) is 11.5 Å². The molecule has 1 N–H and O–H groups in total. The second kappa shape index (κ2) is 8.56. The number of nitrogens with zero attached hydrogens (tertiary/aromatic N) is 1. The van der Waals surface area contributed by atoms with Crippen molar-refractivity contribution < 1.29 is 14.3 Å². The summed E-state index contributed by atoms with van der Waals surface area (Å²) in [5.74, 6) is 1.46. The molecule has 2 aliphatic heterocycles. The van der Waals surface area contributed by atoms with Crippen molar-refractivity contribution in [1.82, 2.24) is 5.32 Å². The molecule has 3 aromatic rings. The summed E-state index contributed by atoms with van der Waals surface area (Å²) in [6.45, 7) is 7.72. The molecule has 34 heavy (non-hydrogen) atoms. The van der Waals surface area contributed by atoms with Crippen molar-refractivity contribution in [3.63, 3.8) is 0 Å².